The van der Waals surface area contributed by atoms with Gasteiger partial charge in [0.1, 0.15) is 5.75 Å². The predicted molar refractivity (Wildman–Crippen MR) is 102 cm³/mol. The number of aromatic nitrogens is 1. The second-order valence-corrected chi connectivity index (χ2v) is 6.14. The molecule has 0 aliphatic heterocycles. The van der Waals surface area contributed by atoms with Crippen LogP contribution in [0.1, 0.15) is 35.8 Å². The van der Waals surface area contributed by atoms with Gasteiger partial charge in [0.25, 0.3) is 0 Å². The lowest BCUT2D eigenvalue weighted by Crippen LogP contribution is -2.23. The molecule has 6 nitrogen and oxygen atoms in total. The first kappa shape index (κ1) is 18.4. The third-order valence-corrected chi connectivity index (χ3v) is 4.11. The normalized spacial score (nSPS) is 11.7. The van der Waals surface area contributed by atoms with E-state index >= 15 is 0 Å². The van der Waals surface area contributed by atoms with Crippen LogP contribution in [0.4, 0.5) is 0 Å². The number of benzene rings is 2. The molecule has 2 aromatic carbocycles. The summed E-state index contributed by atoms with van der Waals surface area (Å²) in [6, 6.07) is 16.1. The van der Waals surface area contributed by atoms with Crippen LogP contribution in [0.5, 0.6) is 11.6 Å². The summed E-state index contributed by atoms with van der Waals surface area (Å²) >= 11 is 0. The van der Waals surface area contributed by atoms with Crippen molar-refractivity contribution >= 4 is 22.8 Å². The standard InChI is InChI=1S/C21H20N2O4/c1-13(22-14(2)24)16-6-10-19-17(12-16)7-11-20(23-19)27-18-8-4-15(5-9-18)21(25)26-3/h4-13H,1-3H3,(H,22,24). The van der Waals surface area contributed by atoms with Crippen LogP contribution < -0.4 is 10.1 Å². The minimum atomic E-state index is -0.394. The first-order valence-electron chi connectivity index (χ1n) is 8.50. The molecular formula is C21H20N2O4. The van der Waals surface area contributed by atoms with Crippen LogP contribution in [0, 0.1) is 0 Å². The highest BCUT2D eigenvalue weighted by Gasteiger charge is 2.09. The highest BCUT2D eigenvalue weighted by molar-refractivity contribution is 5.89. The van der Waals surface area contributed by atoms with Crippen molar-refractivity contribution in [1.82, 2.24) is 10.3 Å². The number of rotatable bonds is 5. The molecule has 27 heavy (non-hydrogen) atoms. The van der Waals surface area contributed by atoms with Crippen molar-refractivity contribution in [3.05, 3.63) is 65.7 Å². The van der Waals surface area contributed by atoms with Gasteiger partial charge in [0, 0.05) is 18.4 Å². The first-order valence-corrected chi connectivity index (χ1v) is 8.50. The summed E-state index contributed by atoms with van der Waals surface area (Å²) in [6.45, 7) is 3.44. The van der Waals surface area contributed by atoms with Crippen molar-refractivity contribution in [3.63, 3.8) is 0 Å². The Balaban J connectivity index is 1.78. The molecule has 1 unspecified atom stereocenters. The summed E-state index contributed by atoms with van der Waals surface area (Å²) in [4.78, 5) is 27.2. The minimum Gasteiger partial charge on any atom is -0.465 e. The van der Waals surface area contributed by atoms with Gasteiger partial charge < -0.3 is 14.8 Å². The van der Waals surface area contributed by atoms with Gasteiger partial charge in [-0.2, -0.15) is 0 Å². The fourth-order valence-electron chi connectivity index (χ4n) is 2.74. The van der Waals surface area contributed by atoms with E-state index in [0.717, 1.165) is 16.5 Å². The summed E-state index contributed by atoms with van der Waals surface area (Å²) in [6.07, 6.45) is 0. The average Bonchev–Trinajstić information content (AvgIpc) is 2.67. The molecule has 0 saturated heterocycles. The second-order valence-electron chi connectivity index (χ2n) is 6.14. The van der Waals surface area contributed by atoms with Crippen LogP contribution >= 0.6 is 0 Å². The molecule has 0 bridgehead atoms. The number of amides is 1. The fraction of sp³-hybridized carbons (Fsp3) is 0.190. The quantitative estimate of drug-likeness (QED) is 0.692. The van der Waals surface area contributed by atoms with Gasteiger partial charge in [0.15, 0.2) is 0 Å². The van der Waals surface area contributed by atoms with Crippen LogP contribution in [0.3, 0.4) is 0 Å². The number of pyridine rings is 1. The maximum absolute atomic E-state index is 11.5. The highest BCUT2D eigenvalue weighted by atomic mass is 16.5. The molecule has 6 heteroatoms. The molecule has 138 valence electrons. The number of fused-ring (bicyclic) bond motifs is 1. The van der Waals surface area contributed by atoms with Crippen LogP contribution in [-0.2, 0) is 9.53 Å². The molecule has 0 radical (unpaired) electrons. The number of carbonyl (C=O) groups is 2. The zero-order chi connectivity index (χ0) is 19.4. The van der Waals surface area contributed by atoms with E-state index in [2.05, 4.69) is 15.0 Å². The van der Waals surface area contributed by atoms with Gasteiger partial charge in [0.2, 0.25) is 11.8 Å². The average molecular weight is 364 g/mol. The van der Waals surface area contributed by atoms with Gasteiger partial charge in [-0.1, -0.05) is 6.07 Å². The summed E-state index contributed by atoms with van der Waals surface area (Å²) in [5.74, 6) is 0.568. The smallest absolute Gasteiger partial charge is 0.337 e. The van der Waals surface area contributed by atoms with E-state index in [1.807, 2.05) is 31.2 Å². The van der Waals surface area contributed by atoms with Crippen molar-refractivity contribution in [3.8, 4) is 11.6 Å². The lowest BCUT2D eigenvalue weighted by Gasteiger charge is -2.13. The van der Waals surface area contributed by atoms with Crippen molar-refractivity contribution in [1.29, 1.82) is 0 Å². The molecule has 0 aliphatic carbocycles. The number of hydrogen-bond donors (Lipinski definition) is 1. The Morgan fingerprint density at radius 3 is 2.44 bits per heavy atom. The third-order valence-electron chi connectivity index (χ3n) is 4.11. The Bertz CT molecular complexity index is 983. The first-order chi connectivity index (χ1) is 13.0. The molecule has 0 aliphatic rings. The second kappa shape index (κ2) is 7.86. The van der Waals surface area contributed by atoms with E-state index < -0.39 is 5.97 Å². The minimum absolute atomic E-state index is 0.0670. The van der Waals surface area contributed by atoms with E-state index in [9.17, 15) is 9.59 Å². The number of carbonyl (C=O) groups excluding carboxylic acids is 2. The number of nitrogens with zero attached hydrogens (tertiary/aromatic N) is 1. The molecule has 1 N–H and O–H groups in total. The molecule has 0 spiro atoms. The molecule has 0 fully saturated rings. The topological polar surface area (TPSA) is 77.5 Å². The Labute approximate surface area is 157 Å². The van der Waals surface area contributed by atoms with Gasteiger partial charge in [0.05, 0.1) is 24.2 Å². The number of esters is 1. The molecule has 1 aromatic heterocycles. The summed E-state index contributed by atoms with van der Waals surface area (Å²) in [5.41, 5.74) is 2.25. The summed E-state index contributed by atoms with van der Waals surface area (Å²) in [5, 5.41) is 3.82. The molecular weight excluding hydrogens is 344 g/mol. The van der Waals surface area contributed by atoms with Gasteiger partial charge in [-0.25, -0.2) is 9.78 Å². The Morgan fingerprint density at radius 2 is 1.78 bits per heavy atom. The van der Waals surface area contributed by atoms with Crippen molar-refractivity contribution in [2.75, 3.05) is 7.11 Å². The van der Waals surface area contributed by atoms with Gasteiger partial charge in [-0.3, -0.25) is 4.79 Å². The van der Waals surface area contributed by atoms with Crippen molar-refractivity contribution in [2.45, 2.75) is 19.9 Å². The lowest BCUT2D eigenvalue weighted by molar-refractivity contribution is -0.119. The van der Waals surface area contributed by atoms with Crippen LogP contribution in [-0.4, -0.2) is 24.0 Å². The van der Waals surface area contributed by atoms with Gasteiger partial charge in [-0.05, 0) is 55.0 Å². The maximum atomic E-state index is 11.5. The number of hydrogen-bond acceptors (Lipinski definition) is 5. The van der Waals surface area contributed by atoms with Gasteiger partial charge >= 0.3 is 5.97 Å². The molecule has 1 amide bonds. The molecule has 1 heterocycles. The molecule has 1 atom stereocenters. The lowest BCUT2D eigenvalue weighted by atomic mass is 10.1. The number of nitrogens with one attached hydrogen (secondary N) is 1. The Kier molecular flexibility index (Phi) is 5.35. The monoisotopic (exact) mass is 364 g/mol. The zero-order valence-corrected chi connectivity index (χ0v) is 15.4. The SMILES string of the molecule is COC(=O)c1ccc(Oc2ccc3cc(C(C)NC(C)=O)ccc3n2)cc1. The molecule has 3 aromatic rings. The summed E-state index contributed by atoms with van der Waals surface area (Å²) < 4.78 is 10.4. The number of ether oxygens (including phenoxy) is 2. The zero-order valence-electron chi connectivity index (χ0n) is 15.4. The fourth-order valence-corrected chi connectivity index (χ4v) is 2.74. The van der Waals surface area contributed by atoms with Crippen LogP contribution in [0.15, 0.2) is 54.6 Å². The predicted octanol–water partition coefficient (Wildman–Crippen LogP) is 4.01. The van der Waals surface area contributed by atoms with Crippen LogP contribution in [0.25, 0.3) is 10.9 Å². The van der Waals surface area contributed by atoms with Crippen LogP contribution in [0.2, 0.25) is 0 Å². The van der Waals surface area contributed by atoms with E-state index in [1.165, 1.54) is 14.0 Å². The van der Waals surface area contributed by atoms with Crippen molar-refractivity contribution in [2.24, 2.45) is 0 Å². The van der Waals surface area contributed by atoms with E-state index in [-0.39, 0.29) is 11.9 Å². The Morgan fingerprint density at radius 1 is 1.04 bits per heavy atom. The van der Waals surface area contributed by atoms with E-state index in [4.69, 9.17) is 4.74 Å². The third kappa shape index (κ3) is 4.41. The van der Waals surface area contributed by atoms with E-state index in [1.54, 1.807) is 30.3 Å². The van der Waals surface area contributed by atoms with Crippen molar-refractivity contribution < 1.29 is 19.1 Å². The van der Waals surface area contributed by atoms with E-state index in [0.29, 0.717) is 17.2 Å². The molecule has 3 rings (SSSR count). The number of methoxy groups -OCH3 is 1. The van der Waals surface area contributed by atoms with Gasteiger partial charge in [-0.15, -0.1) is 0 Å². The maximum Gasteiger partial charge on any atom is 0.337 e. The summed E-state index contributed by atoms with van der Waals surface area (Å²) in [7, 11) is 1.34. The largest absolute Gasteiger partial charge is 0.465 e. The highest BCUT2D eigenvalue weighted by Crippen LogP contribution is 2.25. The Hall–Kier alpha value is -3.41. The molecule has 0 saturated carbocycles.